The van der Waals surface area contributed by atoms with Crippen molar-refractivity contribution < 1.29 is 60.9 Å². The van der Waals surface area contributed by atoms with Gasteiger partial charge in [0.1, 0.15) is 0 Å². The van der Waals surface area contributed by atoms with Crippen LogP contribution in [0.3, 0.4) is 0 Å². The molecule has 0 bridgehead atoms. The molecular weight excluding hydrogens is 143 g/mol. The Bertz CT molecular complexity index is 10.1. The van der Waals surface area contributed by atoms with Crippen molar-refractivity contribution >= 4 is 24.4 Å². The van der Waals surface area contributed by atoms with Gasteiger partial charge in [-0.05, 0) is 0 Å². The Balaban J connectivity index is 0. The predicted octanol–water partition coefficient (Wildman–Crippen LogP) is -9.83. The average Bonchev–Trinajstić information content (AvgIpc) is 0. The first-order chi connectivity index (χ1) is 0. The van der Waals surface area contributed by atoms with Crippen molar-refractivity contribution in [3.05, 3.63) is 0 Å². The van der Waals surface area contributed by atoms with Gasteiger partial charge < -0.3 is 4.28 Å². The van der Waals surface area contributed by atoms with Gasteiger partial charge in [0.05, 0.1) is 0 Å². The van der Waals surface area contributed by atoms with Crippen LogP contribution in [0.5, 0.6) is 0 Å². The van der Waals surface area contributed by atoms with Crippen molar-refractivity contribution in [3.8, 4) is 0 Å². The molecule has 0 spiro atoms. The molecule has 0 saturated carbocycles. The zero-order valence-electron chi connectivity index (χ0n) is 6.71. The molecular formula is H6Li3Sb. The van der Waals surface area contributed by atoms with Crippen molar-refractivity contribution in [1.82, 2.24) is 0 Å². The first kappa shape index (κ1) is 30.5. The van der Waals surface area contributed by atoms with Crippen molar-refractivity contribution in [2.24, 2.45) is 0 Å². The fourth-order valence-electron chi connectivity index (χ4n) is 0. The molecule has 0 atom stereocenters. The molecule has 0 nitrogen and oxygen atoms in total. The van der Waals surface area contributed by atoms with Crippen molar-refractivity contribution in [2.75, 3.05) is 0 Å². The molecule has 0 radical (unpaired) electrons. The van der Waals surface area contributed by atoms with Crippen LogP contribution in [0.15, 0.2) is 0 Å². The van der Waals surface area contributed by atoms with Crippen LogP contribution in [-0.4, -0.2) is 24.4 Å². The Kier molecular flexibility index (Phi) is 134. The summed E-state index contributed by atoms with van der Waals surface area (Å²) in [5, 5.41) is 0. The summed E-state index contributed by atoms with van der Waals surface area (Å²) in [6.07, 6.45) is 0. The molecule has 0 N–H and O–H groups in total. The van der Waals surface area contributed by atoms with Crippen LogP contribution in [-0.2, 0) is 0 Å². The van der Waals surface area contributed by atoms with Gasteiger partial charge in [0, 0.05) is 0 Å². The molecule has 0 rings (SSSR count). The molecule has 0 unspecified atom stereocenters. The van der Waals surface area contributed by atoms with Gasteiger partial charge in [0.2, 0.25) is 0 Å². The van der Waals surface area contributed by atoms with Crippen LogP contribution >= 0.6 is 0 Å². The molecule has 0 aromatic heterocycles. The van der Waals surface area contributed by atoms with Gasteiger partial charge >= 0.3 is 81.0 Å². The standard InChI is InChI=1S/3Li.Sb.6H/q3*+1;;;;;3*-1. The van der Waals surface area contributed by atoms with Crippen LogP contribution in [0.25, 0.3) is 0 Å². The molecule has 0 aromatic rings. The van der Waals surface area contributed by atoms with Crippen LogP contribution < -0.4 is 56.6 Å². The van der Waals surface area contributed by atoms with Crippen LogP contribution in [0, 0.1) is 0 Å². The normalized spacial score (nSPS) is 0. The zero-order valence-corrected chi connectivity index (χ0v) is 7.74. The third-order valence-corrected chi connectivity index (χ3v) is 0. The van der Waals surface area contributed by atoms with Gasteiger partial charge in [-0.25, -0.2) is 0 Å². The van der Waals surface area contributed by atoms with E-state index < -0.39 is 0 Å². The second-order valence-corrected chi connectivity index (χ2v) is 0. The minimum atomic E-state index is 0. The first-order valence-corrected chi connectivity index (χ1v) is 0. The molecule has 0 saturated heterocycles. The molecule has 4 heavy (non-hydrogen) atoms. The Morgan fingerprint density at radius 1 is 0.750 bits per heavy atom. The number of hydrogen-bond acceptors (Lipinski definition) is 0. The Morgan fingerprint density at radius 3 is 0.750 bits per heavy atom. The van der Waals surface area contributed by atoms with Crippen LogP contribution in [0.2, 0.25) is 0 Å². The summed E-state index contributed by atoms with van der Waals surface area (Å²) < 4.78 is 0. The molecule has 0 aliphatic heterocycles. The summed E-state index contributed by atoms with van der Waals surface area (Å²) in [4.78, 5) is 0. The molecule has 0 aliphatic rings. The van der Waals surface area contributed by atoms with E-state index in [1.54, 1.807) is 0 Å². The van der Waals surface area contributed by atoms with E-state index in [-0.39, 0.29) is 85.3 Å². The van der Waals surface area contributed by atoms with Crippen molar-refractivity contribution in [3.63, 3.8) is 0 Å². The van der Waals surface area contributed by atoms with Gasteiger partial charge in [-0.3, -0.25) is 0 Å². The molecule has 0 aromatic carbocycles. The van der Waals surface area contributed by atoms with E-state index in [0.717, 1.165) is 0 Å². The SMILES string of the molecule is [H-].[H-].[H-].[Li+].[Li+].[Li+].[SbH3]. The maximum absolute atomic E-state index is 0. The Morgan fingerprint density at radius 2 is 0.750 bits per heavy atom. The van der Waals surface area contributed by atoms with E-state index in [4.69, 9.17) is 0 Å². The van der Waals surface area contributed by atoms with Crippen LogP contribution in [0.4, 0.5) is 0 Å². The fourth-order valence-corrected chi connectivity index (χ4v) is 0. The molecule has 0 amide bonds. The third-order valence-electron chi connectivity index (χ3n) is 0. The first-order valence-electron chi connectivity index (χ1n) is 0. The fraction of sp³-hybridized carbons (Fsp3) is 0. The molecule has 0 heterocycles. The summed E-state index contributed by atoms with van der Waals surface area (Å²) in [7, 11) is 0. The second-order valence-electron chi connectivity index (χ2n) is 0. The van der Waals surface area contributed by atoms with Gasteiger partial charge in [0.25, 0.3) is 0 Å². The maximum atomic E-state index is 0. The summed E-state index contributed by atoms with van der Waals surface area (Å²) in [5.41, 5.74) is 0. The van der Waals surface area contributed by atoms with Crippen molar-refractivity contribution in [1.29, 1.82) is 0 Å². The molecule has 0 fully saturated rings. The Labute approximate surface area is 84.3 Å². The van der Waals surface area contributed by atoms with E-state index in [0.29, 0.717) is 0 Å². The van der Waals surface area contributed by atoms with E-state index in [1.807, 2.05) is 0 Å². The summed E-state index contributed by atoms with van der Waals surface area (Å²) in [6.45, 7) is 0. The van der Waals surface area contributed by atoms with E-state index >= 15 is 0 Å². The zero-order chi connectivity index (χ0) is 0. The van der Waals surface area contributed by atoms with Crippen molar-refractivity contribution in [2.45, 2.75) is 0 Å². The van der Waals surface area contributed by atoms with Gasteiger partial charge in [-0.2, -0.15) is 0 Å². The Hall–Kier alpha value is 2.61. The summed E-state index contributed by atoms with van der Waals surface area (Å²) in [6, 6.07) is 0. The molecule has 4 heteroatoms. The number of hydrogen-bond donors (Lipinski definition) is 0. The average molecular weight is 149 g/mol. The predicted molar refractivity (Wildman–Crippen MR) is 13.3 cm³/mol. The summed E-state index contributed by atoms with van der Waals surface area (Å²) >= 11 is 0. The second kappa shape index (κ2) is 17.5. The van der Waals surface area contributed by atoms with Gasteiger partial charge in [0.15, 0.2) is 0 Å². The molecule has 0 aliphatic carbocycles. The topological polar surface area (TPSA) is 0 Å². The van der Waals surface area contributed by atoms with E-state index in [9.17, 15) is 0 Å². The molecule has 14 valence electrons. The third kappa shape index (κ3) is 8.82. The van der Waals surface area contributed by atoms with Gasteiger partial charge in [-0.15, -0.1) is 0 Å². The quantitative estimate of drug-likeness (QED) is 0.300. The van der Waals surface area contributed by atoms with E-state index in [2.05, 4.69) is 0 Å². The van der Waals surface area contributed by atoms with E-state index in [1.165, 1.54) is 0 Å². The van der Waals surface area contributed by atoms with Gasteiger partial charge in [-0.1, -0.05) is 0 Å². The van der Waals surface area contributed by atoms with Crippen LogP contribution in [0.1, 0.15) is 4.28 Å². The minimum absolute atomic E-state index is 0. The summed E-state index contributed by atoms with van der Waals surface area (Å²) in [5.74, 6) is 0. The monoisotopic (exact) mass is 148 g/mol. The number of rotatable bonds is 0.